The average molecular weight is 369 g/mol. The van der Waals surface area contributed by atoms with Crippen molar-refractivity contribution in [1.82, 2.24) is 9.21 Å². The van der Waals surface area contributed by atoms with Gasteiger partial charge in [0.2, 0.25) is 15.9 Å². The molecule has 0 unspecified atom stereocenters. The van der Waals surface area contributed by atoms with Crippen LogP contribution in [0.2, 0.25) is 0 Å². The van der Waals surface area contributed by atoms with Crippen molar-refractivity contribution in [3.05, 3.63) is 0 Å². The van der Waals surface area contributed by atoms with Crippen LogP contribution in [0.3, 0.4) is 0 Å². The highest BCUT2D eigenvalue weighted by Crippen LogP contribution is 2.60. The molecule has 5 rings (SSSR count). The summed E-state index contributed by atoms with van der Waals surface area (Å²) in [6.07, 6.45) is 8.71. The quantitative estimate of drug-likeness (QED) is 0.766. The van der Waals surface area contributed by atoms with E-state index in [-0.39, 0.29) is 11.2 Å². The summed E-state index contributed by atoms with van der Waals surface area (Å²) in [4.78, 5) is 15.5. The molecule has 4 aliphatic carbocycles. The van der Waals surface area contributed by atoms with Gasteiger partial charge in [-0.05, 0) is 69.1 Å². The molecule has 0 aromatic rings. The minimum Gasteiger partial charge on any atom is -0.341 e. The Morgan fingerprint density at radius 3 is 2.12 bits per heavy atom. The van der Waals surface area contributed by atoms with E-state index in [1.54, 1.807) is 4.31 Å². The fraction of sp³-hybridized carbons (Fsp3) is 0.947. The van der Waals surface area contributed by atoms with E-state index in [0.717, 1.165) is 50.0 Å². The van der Waals surface area contributed by atoms with Crippen molar-refractivity contribution >= 4 is 15.9 Å². The molecule has 5 fully saturated rings. The summed E-state index contributed by atoms with van der Waals surface area (Å²) in [6.45, 7) is 4.23. The maximum Gasteiger partial charge on any atom is 0.228 e. The van der Waals surface area contributed by atoms with Crippen LogP contribution in [0, 0.1) is 23.2 Å². The SMILES string of the molecule is CCCS(=O)(=O)N1CCCN(C(=O)C23CC4CC(CC(C4)C2)C3)CC1. The lowest BCUT2D eigenvalue weighted by atomic mass is 9.49. The predicted molar refractivity (Wildman–Crippen MR) is 97.5 cm³/mol. The fourth-order valence-electron chi connectivity index (χ4n) is 6.47. The van der Waals surface area contributed by atoms with Crippen LogP contribution in [-0.2, 0) is 14.8 Å². The summed E-state index contributed by atoms with van der Waals surface area (Å²) < 4.78 is 26.3. The number of rotatable bonds is 4. The molecule has 0 N–H and O–H groups in total. The van der Waals surface area contributed by atoms with E-state index in [1.807, 2.05) is 11.8 Å². The highest BCUT2D eigenvalue weighted by Gasteiger charge is 2.55. The van der Waals surface area contributed by atoms with Gasteiger partial charge in [-0.3, -0.25) is 4.79 Å². The van der Waals surface area contributed by atoms with Gasteiger partial charge >= 0.3 is 0 Å². The third kappa shape index (κ3) is 3.25. The molecule has 0 spiro atoms. The van der Waals surface area contributed by atoms with Gasteiger partial charge in [-0.25, -0.2) is 12.7 Å². The molecule has 0 atom stereocenters. The van der Waals surface area contributed by atoms with Crippen LogP contribution in [0.4, 0.5) is 0 Å². The highest BCUT2D eigenvalue weighted by atomic mass is 32.2. The van der Waals surface area contributed by atoms with Gasteiger partial charge in [-0.1, -0.05) is 6.92 Å². The summed E-state index contributed by atoms with van der Waals surface area (Å²) in [7, 11) is -3.16. The molecular formula is C19H32N2O3S. The van der Waals surface area contributed by atoms with Gasteiger partial charge in [-0.15, -0.1) is 0 Å². The normalized spacial score (nSPS) is 38.8. The Balaban J connectivity index is 1.45. The Bertz CT molecular complexity index is 595. The predicted octanol–water partition coefficient (Wildman–Crippen LogP) is 2.48. The zero-order valence-corrected chi connectivity index (χ0v) is 16.3. The Hall–Kier alpha value is -0.620. The number of sulfonamides is 1. The van der Waals surface area contributed by atoms with Crippen molar-refractivity contribution in [2.24, 2.45) is 23.2 Å². The second kappa shape index (κ2) is 6.52. The lowest BCUT2D eigenvalue weighted by molar-refractivity contribution is -0.157. The fourth-order valence-corrected chi connectivity index (χ4v) is 8.01. The minimum absolute atomic E-state index is 0.105. The monoisotopic (exact) mass is 368 g/mol. The van der Waals surface area contributed by atoms with E-state index in [4.69, 9.17) is 0 Å². The lowest BCUT2D eigenvalue weighted by Gasteiger charge is -2.56. The molecule has 1 saturated heterocycles. The zero-order chi connectivity index (χ0) is 17.7. The Morgan fingerprint density at radius 2 is 1.56 bits per heavy atom. The van der Waals surface area contributed by atoms with E-state index in [2.05, 4.69) is 0 Å². The molecule has 0 radical (unpaired) electrons. The molecule has 1 heterocycles. The first-order chi connectivity index (χ1) is 11.9. The maximum atomic E-state index is 13.4. The summed E-state index contributed by atoms with van der Waals surface area (Å²) >= 11 is 0. The van der Waals surface area contributed by atoms with E-state index in [9.17, 15) is 13.2 Å². The maximum absolute atomic E-state index is 13.4. The minimum atomic E-state index is -3.16. The van der Waals surface area contributed by atoms with Gasteiger partial charge in [0.15, 0.2) is 0 Å². The van der Waals surface area contributed by atoms with Gasteiger partial charge in [0.1, 0.15) is 0 Å². The van der Waals surface area contributed by atoms with Crippen molar-refractivity contribution in [2.45, 2.75) is 58.3 Å². The second-order valence-electron chi connectivity index (χ2n) is 9.06. The number of nitrogens with zero attached hydrogens (tertiary/aromatic N) is 2. The first-order valence-corrected chi connectivity index (χ1v) is 11.8. The summed E-state index contributed by atoms with van der Waals surface area (Å²) in [5, 5.41) is 0. The van der Waals surface area contributed by atoms with Crippen molar-refractivity contribution in [1.29, 1.82) is 0 Å². The number of carbonyl (C=O) groups is 1. The van der Waals surface area contributed by atoms with Gasteiger partial charge in [-0.2, -0.15) is 0 Å². The molecule has 5 aliphatic rings. The van der Waals surface area contributed by atoms with E-state index >= 15 is 0 Å². The number of carbonyl (C=O) groups excluding carboxylic acids is 1. The van der Waals surface area contributed by atoms with Crippen molar-refractivity contribution in [3.63, 3.8) is 0 Å². The standard InChI is InChI=1S/C19H32N2O3S/c1-2-8-25(23,24)21-5-3-4-20(6-7-21)18(22)19-12-15-9-16(13-19)11-17(10-15)14-19/h15-17H,2-14H2,1H3. The first kappa shape index (κ1) is 17.8. The van der Waals surface area contributed by atoms with Gasteiger partial charge < -0.3 is 4.90 Å². The lowest BCUT2D eigenvalue weighted by Crippen LogP contribution is -2.55. The van der Waals surface area contributed by atoms with E-state index in [1.165, 1.54) is 19.3 Å². The summed E-state index contributed by atoms with van der Waals surface area (Å²) in [6, 6.07) is 0. The summed E-state index contributed by atoms with van der Waals surface area (Å²) in [5.74, 6) is 2.87. The van der Waals surface area contributed by atoms with Crippen LogP contribution < -0.4 is 0 Å². The number of hydrogen-bond donors (Lipinski definition) is 0. The second-order valence-corrected chi connectivity index (χ2v) is 11.1. The molecule has 1 amide bonds. The van der Waals surface area contributed by atoms with Gasteiger partial charge in [0.25, 0.3) is 0 Å². The smallest absolute Gasteiger partial charge is 0.228 e. The van der Waals surface area contributed by atoms with E-state index in [0.29, 0.717) is 32.0 Å². The molecule has 6 heteroatoms. The van der Waals surface area contributed by atoms with Crippen LogP contribution in [-0.4, -0.2) is 55.5 Å². The Morgan fingerprint density at radius 1 is 0.960 bits per heavy atom. The molecule has 4 saturated carbocycles. The first-order valence-electron chi connectivity index (χ1n) is 10.2. The van der Waals surface area contributed by atoms with Crippen LogP contribution in [0.15, 0.2) is 0 Å². The molecule has 0 aromatic heterocycles. The molecule has 0 aromatic carbocycles. The van der Waals surface area contributed by atoms with E-state index < -0.39 is 10.0 Å². The van der Waals surface area contributed by atoms with Gasteiger partial charge in [0, 0.05) is 26.2 Å². The highest BCUT2D eigenvalue weighted by molar-refractivity contribution is 7.89. The van der Waals surface area contributed by atoms with Crippen molar-refractivity contribution in [2.75, 3.05) is 31.9 Å². The molecule has 5 nitrogen and oxygen atoms in total. The van der Waals surface area contributed by atoms with Gasteiger partial charge in [0.05, 0.1) is 11.2 Å². The van der Waals surface area contributed by atoms with Crippen LogP contribution in [0.25, 0.3) is 0 Å². The number of amides is 1. The Kier molecular flexibility index (Phi) is 4.64. The van der Waals surface area contributed by atoms with Crippen LogP contribution in [0.1, 0.15) is 58.3 Å². The third-order valence-corrected chi connectivity index (χ3v) is 9.17. The van der Waals surface area contributed by atoms with Crippen LogP contribution in [0.5, 0.6) is 0 Å². The summed E-state index contributed by atoms with van der Waals surface area (Å²) in [5.41, 5.74) is -0.105. The molecule has 4 bridgehead atoms. The van der Waals surface area contributed by atoms with Crippen molar-refractivity contribution < 1.29 is 13.2 Å². The van der Waals surface area contributed by atoms with Crippen molar-refractivity contribution in [3.8, 4) is 0 Å². The molecule has 1 aliphatic heterocycles. The zero-order valence-electron chi connectivity index (χ0n) is 15.5. The molecule has 25 heavy (non-hydrogen) atoms. The largest absolute Gasteiger partial charge is 0.341 e. The molecule has 142 valence electrons. The topological polar surface area (TPSA) is 57.7 Å². The molecular weight excluding hydrogens is 336 g/mol. The number of hydrogen-bond acceptors (Lipinski definition) is 3. The van der Waals surface area contributed by atoms with Crippen LogP contribution >= 0.6 is 0 Å². The average Bonchev–Trinajstić information content (AvgIpc) is 2.79. The third-order valence-electron chi connectivity index (χ3n) is 7.09. The Labute approximate surface area is 152 Å².